The Morgan fingerprint density at radius 1 is 1.10 bits per heavy atom. The van der Waals surface area contributed by atoms with Crippen LogP contribution in [0.2, 0.25) is 0 Å². The first-order valence-corrected chi connectivity index (χ1v) is 10.3. The van der Waals surface area contributed by atoms with Gasteiger partial charge < -0.3 is 9.64 Å². The van der Waals surface area contributed by atoms with Crippen molar-refractivity contribution >= 4 is 29.2 Å². The van der Waals surface area contributed by atoms with Crippen molar-refractivity contribution in [3.8, 4) is 0 Å². The number of hydrogen-bond acceptors (Lipinski definition) is 6. The molecule has 0 atom stereocenters. The molecular weight excluding hydrogens is 380 g/mol. The number of anilines is 3. The van der Waals surface area contributed by atoms with Crippen molar-refractivity contribution in [2.75, 3.05) is 16.8 Å². The van der Waals surface area contributed by atoms with Gasteiger partial charge >= 0.3 is 6.09 Å². The van der Waals surface area contributed by atoms with Crippen LogP contribution in [0.25, 0.3) is 5.65 Å². The van der Waals surface area contributed by atoms with Crippen LogP contribution in [-0.4, -0.2) is 38.3 Å². The Bertz CT molecular complexity index is 1130. The molecule has 8 heteroatoms. The number of carbonyl (C=O) groups is 1. The first kappa shape index (κ1) is 20.1. The monoisotopic (exact) mass is 408 g/mol. The van der Waals surface area contributed by atoms with Crippen LogP contribution < -0.4 is 10.2 Å². The van der Waals surface area contributed by atoms with Gasteiger partial charge in [0.15, 0.2) is 5.82 Å². The van der Waals surface area contributed by atoms with Gasteiger partial charge in [0.25, 0.3) is 0 Å². The maximum Gasteiger partial charge on any atom is 0.414 e. The van der Waals surface area contributed by atoms with Gasteiger partial charge in [-0.15, -0.1) is 10.2 Å². The number of hydrogen-bond donors (Lipinski definition) is 1. The highest BCUT2D eigenvalue weighted by Gasteiger charge is 2.27. The molecule has 0 saturated heterocycles. The SMILES string of the molecule is Cc1c(C)c(C)c2c(c1C)CCCN2c1nccn2c(NC(=O)OC(C)C)nnc12. The number of amides is 1. The van der Waals surface area contributed by atoms with Crippen LogP contribution in [0.4, 0.5) is 22.2 Å². The molecule has 4 rings (SSSR count). The molecule has 0 bridgehead atoms. The molecule has 0 unspecified atom stereocenters. The third-order valence-electron chi connectivity index (χ3n) is 5.98. The molecule has 30 heavy (non-hydrogen) atoms. The van der Waals surface area contributed by atoms with E-state index in [1.807, 2.05) is 0 Å². The van der Waals surface area contributed by atoms with E-state index in [1.165, 1.54) is 33.5 Å². The molecule has 1 amide bonds. The van der Waals surface area contributed by atoms with E-state index in [4.69, 9.17) is 4.74 Å². The predicted octanol–water partition coefficient (Wildman–Crippen LogP) is 4.40. The van der Waals surface area contributed by atoms with Crippen molar-refractivity contribution in [3.63, 3.8) is 0 Å². The number of carbonyl (C=O) groups excluding carboxylic acids is 1. The number of ether oxygens (including phenoxy) is 1. The molecular formula is C22H28N6O2. The van der Waals surface area contributed by atoms with Crippen molar-refractivity contribution in [3.05, 3.63) is 40.2 Å². The van der Waals surface area contributed by atoms with Crippen molar-refractivity contribution in [1.29, 1.82) is 0 Å². The van der Waals surface area contributed by atoms with Gasteiger partial charge in [-0.25, -0.2) is 9.78 Å². The zero-order valence-electron chi connectivity index (χ0n) is 18.4. The van der Waals surface area contributed by atoms with Gasteiger partial charge in [0, 0.05) is 24.6 Å². The van der Waals surface area contributed by atoms with Crippen molar-refractivity contribution in [1.82, 2.24) is 19.6 Å². The van der Waals surface area contributed by atoms with E-state index in [0.717, 1.165) is 25.2 Å². The van der Waals surface area contributed by atoms with Crippen LogP contribution in [0, 0.1) is 27.7 Å². The highest BCUT2D eigenvalue weighted by molar-refractivity contribution is 5.84. The van der Waals surface area contributed by atoms with E-state index >= 15 is 0 Å². The largest absolute Gasteiger partial charge is 0.447 e. The zero-order chi connectivity index (χ0) is 21.6. The Morgan fingerprint density at radius 3 is 2.57 bits per heavy atom. The molecule has 0 aliphatic carbocycles. The Kier molecular flexibility index (Phi) is 5.09. The number of benzene rings is 1. The highest BCUT2D eigenvalue weighted by Crippen LogP contribution is 2.41. The van der Waals surface area contributed by atoms with E-state index in [0.29, 0.717) is 11.6 Å². The smallest absolute Gasteiger partial charge is 0.414 e. The van der Waals surface area contributed by atoms with Gasteiger partial charge in [0.05, 0.1) is 6.10 Å². The lowest BCUT2D eigenvalue weighted by Crippen LogP contribution is -2.28. The van der Waals surface area contributed by atoms with Crippen LogP contribution in [0.1, 0.15) is 48.1 Å². The number of rotatable bonds is 3. The molecule has 0 radical (unpaired) electrons. The molecule has 2 aromatic heterocycles. The number of fused-ring (bicyclic) bond motifs is 2. The molecule has 158 valence electrons. The summed E-state index contributed by atoms with van der Waals surface area (Å²) in [4.78, 5) is 18.9. The Hall–Kier alpha value is -3.16. The third kappa shape index (κ3) is 3.26. The normalized spacial score (nSPS) is 13.6. The first-order chi connectivity index (χ1) is 14.3. The fourth-order valence-corrected chi connectivity index (χ4v) is 4.20. The van der Waals surface area contributed by atoms with Crippen LogP contribution in [0.15, 0.2) is 12.4 Å². The Balaban J connectivity index is 1.80. The summed E-state index contributed by atoms with van der Waals surface area (Å²) >= 11 is 0. The molecule has 3 heterocycles. The molecule has 0 saturated carbocycles. The van der Waals surface area contributed by atoms with Crippen LogP contribution in [-0.2, 0) is 11.2 Å². The van der Waals surface area contributed by atoms with Crippen molar-refractivity contribution in [2.45, 2.75) is 60.5 Å². The summed E-state index contributed by atoms with van der Waals surface area (Å²) in [6, 6.07) is 0. The second kappa shape index (κ2) is 7.59. The highest BCUT2D eigenvalue weighted by atomic mass is 16.6. The molecule has 3 aromatic rings. The summed E-state index contributed by atoms with van der Waals surface area (Å²) in [7, 11) is 0. The van der Waals surface area contributed by atoms with E-state index in [-0.39, 0.29) is 6.10 Å². The average Bonchev–Trinajstić information content (AvgIpc) is 3.12. The minimum Gasteiger partial charge on any atom is -0.447 e. The maximum absolute atomic E-state index is 12.0. The zero-order valence-corrected chi connectivity index (χ0v) is 18.4. The minimum absolute atomic E-state index is 0.218. The third-order valence-corrected chi connectivity index (χ3v) is 5.98. The van der Waals surface area contributed by atoms with Gasteiger partial charge in [-0.3, -0.25) is 9.72 Å². The second-order valence-corrected chi connectivity index (χ2v) is 8.13. The fourth-order valence-electron chi connectivity index (χ4n) is 4.20. The summed E-state index contributed by atoms with van der Waals surface area (Å²) in [5.74, 6) is 1.05. The second-order valence-electron chi connectivity index (χ2n) is 8.13. The standard InChI is InChI=1S/C22H28N6O2/c1-12(2)30-22(29)24-21-26-25-20-19(23-9-11-28(20)21)27-10-7-8-17-15(5)13(3)14(4)16(6)18(17)27/h9,11-12H,7-8,10H2,1-6H3,(H,24,26,29). The van der Waals surface area contributed by atoms with Crippen LogP contribution in [0.5, 0.6) is 0 Å². The number of nitrogens with zero attached hydrogens (tertiary/aromatic N) is 5. The van der Waals surface area contributed by atoms with Gasteiger partial charge in [0.1, 0.15) is 0 Å². The van der Waals surface area contributed by atoms with E-state index < -0.39 is 6.09 Å². The lowest BCUT2D eigenvalue weighted by atomic mass is 9.87. The molecule has 1 N–H and O–H groups in total. The van der Waals surface area contributed by atoms with Gasteiger partial charge in [-0.2, -0.15) is 0 Å². The van der Waals surface area contributed by atoms with E-state index in [9.17, 15) is 4.79 Å². The minimum atomic E-state index is -0.557. The molecule has 1 aliphatic heterocycles. The maximum atomic E-state index is 12.0. The number of nitrogens with one attached hydrogen (secondary N) is 1. The lowest BCUT2D eigenvalue weighted by molar-refractivity contribution is 0.129. The van der Waals surface area contributed by atoms with Gasteiger partial charge in [-0.05, 0) is 82.2 Å². The fraction of sp³-hybridized carbons (Fsp3) is 0.455. The topological polar surface area (TPSA) is 84.7 Å². The molecule has 1 aromatic carbocycles. The van der Waals surface area contributed by atoms with Crippen LogP contribution in [0.3, 0.4) is 0 Å². The number of aromatic nitrogens is 4. The summed E-state index contributed by atoms with van der Waals surface area (Å²) < 4.78 is 6.90. The van der Waals surface area contributed by atoms with Gasteiger partial charge in [0.2, 0.25) is 11.6 Å². The summed E-state index contributed by atoms with van der Waals surface area (Å²) in [6.07, 6.45) is 4.78. The lowest BCUT2D eigenvalue weighted by Gasteiger charge is -2.34. The first-order valence-electron chi connectivity index (χ1n) is 10.3. The predicted molar refractivity (Wildman–Crippen MR) is 117 cm³/mol. The summed E-state index contributed by atoms with van der Waals surface area (Å²) in [6.45, 7) is 13.2. The Labute approximate surface area is 176 Å². The van der Waals surface area contributed by atoms with Crippen LogP contribution >= 0.6 is 0 Å². The van der Waals surface area contributed by atoms with Crippen molar-refractivity contribution < 1.29 is 9.53 Å². The van der Waals surface area contributed by atoms with E-state index in [1.54, 1.807) is 30.6 Å². The molecule has 0 spiro atoms. The average molecular weight is 409 g/mol. The molecule has 1 aliphatic rings. The molecule has 8 nitrogen and oxygen atoms in total. The van der Waals surface area contributed by atoms with Crippen molar-refractivity contribution in [2.24, 2.45) is 0 Å². The van der Waals surface area contributed by atoms with Gasteiger partial charge in [-0.1, -0.05) is 0 Å². The summed E-state index contributed by atoms with van der Waals surface area (Å²) in [5.41, 5.74) is 8.49. The molecule has 0 fully saturated rings. The van der Waals surface area contributed by atoms with E-state index in [2.05, 4.69) is 53.1 Å². The Morgan fingerprint density at radius 2 is 1.83 bits per heavy atom. The quantitative estimate of drug-likeness (QED) is 0.691. The summed E-state index contributed by atoms with van der Waals surface area (Å²) in [5, 5.41) is 11.2.